The Morgan fingerprint density at radius 1 is 1.17 bits per heavy atom. The Morgan fingerprint density at radius 2 is 1.83 bits per heavy atom. The SMILES string of the molecule is CC1Nc2ccc(C(=O)NC3C[C@H]4CC[C@@H](C3)N4C(=O)OC(C)(C)C)cc2CC1=O. The van der Waals surface area contributed by atoms with Crippen molar-refractivity contribution in [2.45, 2.75) is 89.6 Å². The lowest BCUT2D eigenvalue weighted by molar-refractivity contribution is -0.119. The van der Waals surface area contributed by atoms with E-state index in [1.54, 1.807) is 6.07 Å². The molecule has 2 amide bonds. The zero-order valence-corrected chi connectivity index (χ0v) is 18.2. The molecule has 1 aromatic rings. The van der Waals surface area contributed by atoms with Gasteiger partial charge >= 0.3 is 6.09 Å². The molecule has 162 valence electrons. The summed E-state index contributed by atoms with van der Waals surface area (Å²) in [7, 11) is 0. The van der Waals surface area contributed by atoms with Crippen LogP contribution in [0.1, 0.15) is 69.3 Å². The molecule has 0 spiro atoms. The van der Waals surface area contributed by atoms with Crippen LogP contribution in [0, 0.1) is 0 Å². The molecule has 7 nitrogen and oxygen atoms in total. The van der Waals surface area contributed by atoms with Crippen LogP contribution in [0.2, 0.25) is 0 Å². The van der Waals surface area contributed by atoms with Crippen molar-refractivity contribution < 1.29 is 19.1 Å². The summed E-state index contributed by atoms with van der Waals surface area (Å²) in [6, 6.07) is 5.54. The number of ether oxygens (including phenoxy) is 1. The second kappa shape index (κ2) is 7.60. The van der Waals surface area contributed by atoms with E-state index in [0.29, 0.717) is 12.0 Å². The summed E-state index contributed by atoms with van der Waals surface area (Å²) in [5, 5.41) is 6.33. The monoisotopic (exact) mass is 413 g/mol. The van der Waals surface area contributed by atoms with E-state index in [1.165, 1.54) is 0 Å². The van der Waals surface area contributed by atoms with Crippen LogP contribution in [0.4, 0.5) is 10.5 Å². The van der Waals surface area contributed by atoms with E-state index in [-0.39, 0.29) is 42.0 Å². The minimum absolute atomic E-state index is 0.0319. The lowest BCUT2D eigenvalue weighted by Gasteiger charge is -2.39. The van der Waals surface area contributed by atoms with E-state index >= 15 is 0 Å². The van der Waals surface area contributed by atoms with Gasteiger partial charge in [0.25, 0.3) is 5.91 Å². The fourth-order valence-electron chi connectivity index (χ4n) is 4.85. The van der Waals surface area contributed by atoms with Crippen molar-refractivity contribution in [3.63, 3.8) is 0 Å². The van der Waals surface area contributed by atoms with Gasteiger partial charge in [0.1, 0.15) is 5.60 Å². The van der Waals surface area contributed by atoms with Gasteiger partial charge in [0.2, 0.25) is 0 Å². The number of carbonyl (C=O) groups is 3. The van der Waals surface area contributed by atoms with E-state index in [9.17, 15) is 14.4 Å². The van der Waals surface area contributed by atoms with Gasteiger partial charge in [-0.2, -0.15) is 0 Å². The molecule has 30 heavy (non-hydrogen) atoms. The highest BCUT2D eigenvalue weighted by Gasteiger charge is 2.45. The standard InChI is InChI=1S/C23H31N3O4/c1-13-20(27)10-15-9-14(5-8-19(15)24-13)21(28)25-16-11-17-6-7-18(12-16)26(17)22(29)30-23(2,3)4/h5,8-9,13,16-18,24H,6-7,10-12H2,1-4H3,(H,25,28)/t13?,16?,17-,18+. The molecule has 0 aliphatic carbocycles. The van der Waals surface area contributed by atoms with Crippen molar-refractivity contribution in [3.8, 4) is 0 Å². The molecule has 0 aromatic heterocycles. The maximum atomic E-state index is 12.9. The topological polar surface area (TPSA) is 87.7 Å². The van der Waals surface area contributed by atoms with Gasteiger partial charge in [0.05, 0.1) is 6.04 Å². The number of ketones is 1. The van der Waals surface area contributed by atoms with Crippen LogP contribution in [0.15, 0.2) is 18.2 Å². The fraction of sp³-hybridized carbons (Fsp3) is 0.609. The van der Waals surface area contributed by atoms with Gasteiger partial charge in [-0.25, -0.2) is 4.79 Å². The predicted octanol–water partition coefficient (Wildman–Crippen LogP) is 3.27. The second-order valence-electron chi connectivity index (χ2n) is 9.80. The highest BCUT2D eigenvalue weighted by atomic mass is 16.6. The molecule has 4 atom stereocenters. The molecular formula is C23H31N3O4. The van der Waals surface area contributed by atoms with E-state index in [2.05, 4.69) is 10.6 Å². The van der Waals surface area contributed by atoms with E-state index < -0.39 is 5.60 Å². The molecule has 2 fully saturated rings. The van der Waals surface area contributed by atoms with Gasteiger partial charge in [-0.3, -0.25) is 9.59 Å². The van der Waals surface area contributed by atoms with Gasteiger partial charge in [-0.05, 0) is 77.1 Å². The molecule has 1 aromatic carbocycles. The fourth-order valence-corrected chi connectivity index (χ4v) is 4.85. The van der Waals surface area contributed by atoms with E-state index in [0.717, 1.165) is 36.9 Å². The van der Waals surface area contributed by atoms with Crippen LogP contribution in [-0.2, 0) is 16.0 Å². The van der Waals surface area contributed by atoms with Gasteiger partial charge in [-0.1, -0.05) is 0 Å². The van der Waals surface area contributed by atoms with Crippen LogP contribution < -0.4 is 10.6 Å². The summed E-state index contributed by atoms with van der Waals surface area (Å²) in [6.07, 6.45) is 3.47. The number of nitrogens with one attached hydrogen (secondary N) is 2. The number of hydrogen-bond donors (Lipinski definition) is 2. The molecule has 3 heterocycles. The Balaban J connectivity index is 1.40. The van der Waals surface area contributed by atoms with Crippen molar-refractivity contribution in [3.05, 3.63) is 29.3 Å². The highest BCUT2D eigenvalue weighted by molar-refractivity contribution is 5.97. The number of piperidine rings is 1. The summed E-state index contributed by atoms with van der Waals surface area (Å²) < 4.78 is 5.58. The summed E-state index contributed by atoms with van der Waals surface area (Å²) in [6.45, 7) is 7.48. The van der Waals surface area contributed by atoms with Crippen LogP contribution in [-0.4, -0.2) is 52.5 Å². The molecule has 7 heteroatoms. The van der Waals surface area contributed by atoms with Crippen molar-refractivity contribution in [2.24, 2.45) is 0 Å². The lowest BCUT2D eigenvalue weighted by Crippen LogP contribution is -2.53. The Hall–Kier alpha value is -2.57. The normalized spacial score (nSPS) is 27.9. The minimum atomic E-state index is -0.512. The molecule has 4 rings (SSSR count). The zero-order valence-electron chi connectivity index (χ0n) is 18.2. The number of carbonyl (C=O) groups excluding carboxylic acids is 3. The smallest absolute Gasteiger partial charge is 0.410 e. The number of Topliss-reactive ketones (excluding diaryl/α,β-unsaturated/α-hetero) is 1. The quantitative estimate of drug-likeness (QED) is 0.777. The second-order valence-corrected chi connectivity index (χ2v) is 9.80. The lowest BCUT2D eigenvalue weighted by atomic mass is 9.95. The van der Waals surface area contributed by atoms with Gasteiger partial charge in [-0.15, -0.1) is 0 Å². The number of amides is 2. The molecular weight excluding hydrogens is 382 g/mol. The largest absolute Gasteiger partial charge is 0.444 e. The first-order valence-electron chi connectivity index (χ1n) is 10.8. The number of rotatable bonds is 2. The summed E-state index contributed by atoms with van der Waals surface area (Å²) >= 11 is 0. The zero-order chi connectivity index (χ0) is 21.6. The van der Waals surface area contributed by atoms with E-state index in [1.807, 2.05) is 44.7 Å². The molecule has 2 N–H and O–H groups in total. The molecule has 0 radical (unpaired) electrons. The number of hydrogen-bond acceptors (Lipinski definition) is 5. The maximum Gasteiger partial charge on any atom is 0.410 e. The van der Waals surface area contributed by atoms with Gasteiger partial charge in [0, 0.05) is 35.8 Å². The minimum Gasteiger partial charge on any atom is -0.444 e. The van der Waals surface area contributed by atoms with Crippen molar-refractivity contribution in [1.29, 1.82) is 0 Å². The van der Waals surface area contributed by atoms with Crippen molar-refractivity contribution in [1.82, 2.24) is 10.2 Å². The number of nitrogens with zero attached hydrogens (tertiary/aromatic N) is 1. The van der Waals surface area contributed by atoms with Gasteiger partial charge in [0.15, 0.2) is 5.78 Å². The van der Waals surface area contributed by atoms with Crippen LogP contribution in [0.5, 0.6) is 0 Å². The average Bonchev–Trinajstić information content (AvgIpc) is 2.92. The Bertz CT molecular complexity index is 862. The summed E-state index contributed by atoms with van der Waals surface area (Å²) in [4.78, 5) is 39.3. The first kappa shape index (κ1) is 20.7. The summed E-state index contributed by atoms with van der Waals surface area (Å²) in [5.74, 6) is 0.00476. The number of anilines is 1. The van der Waals surface area contributed by atoms with Crippen LogP contribution >= 0.6 is 0 Å². The van der Waals surface area contributed by atoms with Crippen molar-refractivity contribution in [2.75, 3.05) is 5.32 Å². The number of benzene rings is 1. The Labute approximate surface area is 177 Å². The average molecular weight is 414 g/mol. The third-order valence-corrected chi connectivity index (χ3v) is 6.26. The molecule has 2 unspecified atom stereocenters. The van der Waals surface area contributed by atoms with Crippen LogP contribution in [0.3, 0.4) is 0 Å². The third-order valence-electron chi connectivity index (χ3n) is 6.26. The molecule has 3 aliphatic rings. The summed E-state index contributed by atoms with van der Waals surface area (Å²) in [5.41, 5.74) is 1.84. The Kier molecular flexibility index (Phi) is 5.24. The van der Waals surface area contributed by atoms with Crippen molar-refractivity contribution >= 4 is 23.5 Å². The molecule has 0 saturated carbocycles. The van der Waals surface area contributed by atoms with Crippen LogP contribution in [0.25, 0.3) is 0 Å². The first-order valence-corrected chi connectivity index (χ1v) is 10.8. The molecule has 3 aliphatic heterocycles. The number of fused-ring (bicyclic) bond motifs is 3. The molecule has 2 bridgehead atoms. The molecule has 2 saturated heterocycles. The van der Waals surface area contributed by atoms with Gasteiger partial charge < -0.3 is 20.3 Å². The third kappa shape index (κ3) is 4.16. The maximum absolute atomic E-state index is 12.9. The van der Waals surface area contributed by atoms with E-state index in [4.69, 9.17) is 4.74 Å². The highest BCUT2D eigenvalue weighted by Crippen LogP contribution is 2.37. The Morgan fingerprint density at radius 3 is 2.47 bits per heavy atom. The predicted molar refractivity (Wildman–Crippen MR) is 114 cm³/mol. The first-order chi connectivity index (χ1) is 14.1.